The number of carboxylic acids is 1. The Morgan fingerprint density at radius 1 is 1.33 bits per heavy atom. The fourth-order valence-electron chi connectivity index (χ4n) is 1.34. The van der Waals surface area contributed by atoms with Gasteiger partial charge < -0.3 is 5.11 Å². The van der Waals surface area contributed by atoms with Gasteiger partial charge in [-0.15, -0.1) is 0 Å². The molecule has 0 spiro atoms. The molecule has 2 rings (SSSR count). The fraction of sp³-hybridized carbons (Fsp3) is 0.0769. The second-order valence-electron chi connectivity index (χ2n) is 3.73. The van der Waals surface area contributed by atoms with Gasteiger partial charge in [0.1, 0.15) is 5.03 Å². The van der Waals surface area contributed by atoms with E-state index in [1.165, 1.54) is 29.6 Å². The lowest BCUT2D eigenvalue weighted by Crippen LogP contribution is -1.97. The van der Waals surface area contributed by atoms with Crippen molar-refractivity contribution >= 4 is 29.3 Å². The topological polar surface area (TPSA) is 50.2 Å². The normalized spacial score (nSPS) is 10.3. The zero-order valence-corrected chi connectivity index (χ0v) is 11.1. The molecule has 0 fully saturated rings. The van der Waals surface area contributed by atoms with Gasteiger partial charge in [0.05, 0.1) is 10.6 Å². The van der Waals surface area contributed by atoms with E-state index < -0.39 is 5.97 Å². The van der Waals surface area contributed by atoms with Crippen molar-refractivity contribution in [1.29, 1.82) is 0 Å². The average Bonchev–Trinajstić information content (AvgIpc) is 2.34. The summed E-state index contributed by atoms with van der Waals surface area (Å²) < 4.78 is 0. The Morgan fingerprint density at radius 2 is 2.00 bits per heavy atom. The summed E-state index contributed by atoms with van der Waals surface area (Å²) in [6.45, 7) is 2.02. The lowest BCUT2D eigenvalue weighted by molar-refractivity contribution is 0.0696. The van der Waals surface area contributed by atoms with Crippen molar-refractivity contribution in [3.05, 3.63) is 52.7 Å². The second kappa shape index (κ2) is 5.42. The molecule has 0 unspecified atom stereocenters. The molecule has 1 heterocycles. The first-order valence-corrected chi connectivity index (χ1v) is 6.39. The average molecular weight is 280 g/mol. The van der Waals surface area contributed by atoms with E-state index in [1.807, 2.05) is 31.2 Å². The highest BCUT2D eigenvalue weighted by Gasteiger charge is 2.09. The maximum atomic E-state index is 10.8. The Balaban J connectivity index is 2.24. The van der Waals surface area contributed by atoms with Crippen LogP contribution in [-0.4, -0.2) is 16.1 Å². The van der Waals surface area contributed by atoms with Gasteiger partial charge in [-0.2, -0.15) is 0 Å². The lowest BCUT2D eigenvalue weighted by atomic mass is 10.2. The van der Waals surface area contributed by atoms with Crippen molar-refractivity contribution in [3.63, 3.8) is 0 Å². The smallest absolute Gasteiger partial charge is 0.337 e. The second-order valence-corrected chi connectivity index (χ2v) is 5.20. The quantitative estimate of drug-likeness (QED) is 0.926. The van der Waals surface area contributed by atoms with E-state index in [0.717, 1.165) is 4.90 Å². The Hall–Kier alpha value is -1.52. The maximum Gasteiger partial charge on any atom is 0.337 e. The number of halogens is 1. The van der Waals surface area contributed by atoms with Gasteiger partial charge in [-0.05, 0) is 25.1 Å². The molecule has 5 heteroatoms. The summed E-state index contributed by atoms with van der Waals surface area (Å²) in [6.07, 6.45) is 1.31. The first-order chi connectivity index (χ1) is 8.56. The summed E-state index contributed by atoms with van der Waals surface area (Å²) in [7, 11) is 0. The highest BCUT2D eigenvalue weighted by Crippen LogP contribution is 2.31. The van der Waals surface area contributed by atoms with Crippen LogP contribution < -0.4 is 0 Å². The molecule has 0 aliphatic rings. The van der Waals surface area contributed by atoms with E-state index in [4.69, 9.17) is 16.7 Å². The molecular weight excluding hydrogens is 270 g/mol. The fourth-order valence-corrected chi connectivity index (χ4v) is 2.37. The summed E-state index contributed by atoms with van der Waals surface area (Å²) in [6, 6.07) is 9.36. The zero-order chi connectivity index (χ0) is 13.1. The number of aromatic carboxylic acids is 1. The molecule has 0 radical (unpaired) electrons. The molecule has 3 nitrogen and oxygen atoms in total. The number of aryl methyl sites for hydroxylation is 1. The number of carbonyl (C=O) groups is 1. The van der Waals surface area contributed by atoms with Crippen molar-refractivity contribution in [1.82, 2.24) is 4.98 Å². The molecular formula is C13H10ClNO2S. The maximum absolute atomic E-state index is 10.8. The predicted molar refractivity (Wildman–Crippen MR) is 71.5 cm³/mol. The van der Waals surface area contributed by atoms with Crippen molar-refractivity contribution in [2.24, 2.45) is 0 Å². The number of pyridine rings is 1. The Labute approximate surface area is 114 Å². The van der Waals surface area contributed by atoms with E-state index >= 15 is 0 Å². The molecule has 0 saturated heterocycles. The number of hydrogen-bond donors (Lipinski definition) is 1. The minimum Gasteiger partial charge on any atom is -0.478 e. The molecule has 1 aromatic heterocycles. The predicted octanol–water partition coefficient (Wildman–Crippen LogP) is 3.89. The number of carboxylic acid groups (broad SMARTS) is 1. The van der Waals surface area contributed by atoms with E-state index in [1.54, 1.807) is 0 Å². The molecule has 0 atom stereocenters. The van der Waals surface area contributed by atoms with Crippen LogP contribution in [0, 0.1) is 6.92 Å². The summed E-state index contributed by atoms with van der Waals surface area (Å²) in [4.78, 5) is 15.8. The number of hydrogen-bond acceptors (Lipinski definition) is 3. The number of rotatable bonds is 3. The van der Waals surface area contributed by atoms with Crippen molar-refractivity contribution < 1.29 is 9.90 Å². The molecule has 1 N–H and O–H groups in total. The summed E-state index contributed by atoms with van der Waals surface area (Å²) >= 11 is 7.42. The third kappa shape index (κ3) is 3.03. The van der Waals surface area contributed by atoms with Gasteiger partial charge in [-0.25, -0.2) is 9.78 Å². The van der Waals surface area contributed by atoms with Crippen molar-refractivity contribution in [3.8, 4) is 0 Å². The summed E-state index contributed by atoms with van der Waals surface area (Å²) in [5.41, 5.74) is 1.27. The standard InChI is InChI=1S/C13H10ClNO2S/c1-8-2-4-10(5-3-8)18-12-11(14)6-9(7-15-12)13(16)17/h2-7H,1H3,(H,16,17). The van der Waals surface area contributed by atoms with Gasteiger partial charge in [0.25, 0.3) is 0 Å². The lowest BCUT2D eigenvalue weighted by Gasteiger charge is -2.04. The molecule has 0 saturated carbocycles. The molecule has 2 aromatic rings. The van der Waals surface area contributed by atoms with Gasteiger partial charge in [-0.3, -0.25) is 0 Å². The molecule has 0 amide bonds. The summed E-state index contributed by atoms with van der Waals surface area (Å²) in [5.74, 6) is -1.03. The van der Waals surface area contributed by atoms with E-state index in [2.05, 4.69) is 4.98 Å². The summed E-state index contributed by atoms with van der Waals surface area (Å²) in [5, 5.41) is 9.76. The highest BCUT2D eigenvalue weighted by atomic mass is 35.5. The number of benzene rings is 1. The monoisotopic (exact) mass is 279 g/mol. The molecule has 0 bridgehead atoms. The number of aromatic nitrogens is 1. The van der Waals surface area contributed by atoms with Crippen LogP contribution in [0.3, 0.4) is 0 Å². The first kappa shape index (κ1) is 12.9. The molecule has 1 aromatic carbocycles. The van der Waals surface area contributed by atoms with Crippen molar-refractivity contribution in [2.45, 2.75) is 16.8 Å². The minimum atomic E-state index is -1.03. The van der Waals surface area contributed by atoms with Gasteiger partial charge in [0, 0.05) is 11.1 Å². The van der Waals surface area contributed by atoms with Crippen LogP contribution in [-0.2, 0) is 0 Å². The number of nitrogens with zero attached hydrogens (tertiary/aromatic N) is 1. The molecule has 92 valence electrons. The van der Waals surface area contributed by atoms with Gasteiger partial charge >= 0.3 is 5.97 Å². The van der Waals surface area contributed by atoms with E-state index in [0.29, 0.717) is 10.0 Å². The van der Waals surface area contributed by atoms with Crippen LogP contribution in [0.25, 0.3) is 0 Å². The van der Waals surface area contributed by atoms with Gasteiger partial charge in [-0.1, -0.05) is 41.1 Å². The first-order valence-electron chi connectivity index (χ1n) is 5.19. The van der Waals surface area contributed by atoms with Crippen LogP contribution in [0.15, 0.2) is 46.5 Å². The van der Waals surface area contributed by atoms with Crippen LogP contribution in [0.1, 0.15) is 15.9 Å². The minimum absolute atomic E-state index is 0.0910. The molecule has 0 aliphatic carbocycles. The van der Waals surface area contributed by atoms with Crippen LogP contribution in [0.2, 0.25) is 5.02 Å². The Bertz CT molecular complexity index is 584. The molecule has 0 aliphatic heterocycles. The largest absolute Gasteiger partial charge is 0.478 e. The van der Waals surface area contributed by atoms with Gasteiger partial charge in [0.15, 0.2) is 0 Å². The SMILES string of the molecule is Cc1ccc(Sc2ncc(C(=O)O)cc2Cl)cc1. The van der Waals surface area contributed by atoms with Crippen LogP contribution in [0.5, 0.6) is 0 Å². The van der Waals surface area contributed by atoms with E-state index in [-0.39, 0.29) is 5.56 Å². The van der Waals surface area contributed by atoms with E-state index in [9.17, 15) is 4.79 Å². The third-order valence-electron chi connectivity index (χ3n) is 2.29. The van der Waals surface area contributed by atoms with Gasteiger partial charge in [0.2, 0.25) is 0 Å². The highest BCUT2D eigenvalue weighted by molar-refractivity contribution is 7.99. The van der Waals surface area contributed by atoms with Crippen molar-refractivity contribution in [2.75, 3.05) is 0 Å². The molecule has 18 heavy (non-hydrogen) atoms. The Kier molecular flexibility index (Phi) is 3.89. The van der Waals surface area contributed by atoms with Crippen LogP contribution in [0.4, 0.5) is 0 Å². The third-order valence-corrected chi connectivity index (χ3v) is 3.72. The Morgan fingerprint density at radius 3 is 2.56 bits per heavy atom. The van der Waals surface area contributed by atoms with Crippen LogP contribution >= 0.6 is 23.4 Å². The zero-order valence-electron chi connectivity index (χ0n) is 9.55.